The van der Waals surface area contributed by atoms with E-state index in [0.29, 0.717) is 23.0 Å². The van der Waals surface area contributed by atoms with Crippen LogP contribution in [0.4, 0.5) is 0 Å². The predicted molar refractivity (Wildman–Crippen MR) is 84.4 cm³/mol. The highest BCUT2D eigenvalue weighted by Crippen LogP contribution is 2.36. The van der Waals surface area contributed by atoms with Crippen molar-refractivity contribution in [2.45, 2.75) is 45.6 Å². The van der Waals surface area contributed by atoms with Crippen LogP contribution in [0, 0.1) is 5.41 Å². The molecule has 0 unspecified atom stereocenters. The molecule has 1 aliphatic carbocycles. The van der Waals surface area contributed by atoms with Gasteiger partial charge < -0.3 is 0 Å². The lowest BCUT2D eigenvalue weighted by atomic mass is 9.75. The number of halogens is 1. The van der Waals surface area contributed by atoms with Crippen molar-refractivity contribution >= 4 is 17.4 Å². The third-order valence-corrected chi connectivity index (χ3v) is 4.74. The summed E-state index contributed by atoms with van der Waals surface area (Å²) < 4.78 is 0. The molecular weight excluding hydrogens is 270 g/mol. The third kappa shape index (κ3) is 4.07. The minimum Gasteiger partial charge on any atom is -0.296 e. The van der Waals surface area contributed by atoms with Gasteiger partial charge in [-0.1, -0.05) is 25.4 Å². The van der Waals surface area contributed by atoms with Gasteiger partial charge in [0.1, 0.15) is 0 Å². The van der Waals surface area contributed by atoms with Crippen LogP contribution in [0.5, 0.6) is 0 Å². The second-order valence-electron chi connectivity index (χ2n) is 6.74. The quantitative estimate of drug-likeness (QED) is 0.766. The molecule has 0 aromatic heterocycles. The molecule has 0 N–H and O–H groups in total. The number of rotatable bonds is 4. The van der Waals surface area contributed by atoms with Crippen LogP contribution >= 0.6 is 11.6 Å². The fraction of sp³-hybridized carbons (Fsp3) is 0.588. The summed E-state index contributed by atoms with van der Waals surface area (Å²) in [6, 6.07) is 7.71. The number of hydrogen-bond acceptors (Lipinski definition) is 2. The Bertz CT molecular complexity index is 456. The van der Waals surface area contributed by atoms with Gasteiger partial charge >= 0.3 is 0 Å². The van der Waals surface area contributed by atoms with E-state index >= 15 is 0 Å². The summed E-state index contributed by atoms with van der Waals surface area (Å²) in [5.74, 6) is 0.175. The average molecular weight is 294 g/mol. The molecule has 0 bridgehead atoms. The van der Waals surface area contributed by atoms with E-state index in [1.807, 2.05) is 12.1 Å². The summed E-state index contributed by atoms with van der Waals surface area (Å²) in [6.45, 7) is 5.16. The molecule has 0 amide bonds. The molecular formula is C17H24ClNO. The lowest BCUT2D eigenvalue weighted by Crippen LogP contribution is -2.39. The van der Waals surface area contributed by atoms with Crippen molar-refractivity contribution < 1.29 is 4.79 Å². The molecule has 3 heteroatoms. The van der Waals surface area contributed by atoms with Crippen LogP contribution in [0.1, 0.15) is 49.9 Å². The molecule has 2 rings (SSSR count). The number of likely N-dealkylation sites (N-methyl/N-ethyl adjacent to an activating group) is 1. The topological polar surface area (TPSA) is 20.3 Å². The zero-order valence-corrected chi connectivity index (χ0v) is 13.4. The molecule has 1 aromatic rings. The predicted octanol–water partition coefficient (Wildman–Crippen LogP) is 4.42. The number of carbonyl (C=O) groups is 1. The molecule has 2 nitrogen and oxygen atoms in total. The highest BCUT2D eigenvalue weighted by atomic mass is 35.5. The Morgan fingerprint density at radius 3 is 2.35 bits per heavy atom. The van der Waals surface area contributed by atoms with Crippen LogP contribution in [0.15, 0.2) is 24.3 Å². The molecule has 1 fully saturated rings. The second kappa shape index (κ2) is 6.28. The van der Waals surface area contributed by atoms with Crippen LogP contribution in [0.25, 0.3) is 0 Å². The summed E-state index contributed by atoms with van der Waals surface area (Å²) in [6.07, 6.45) is 4.88. The smallest absolute Gasteiger partial charge is 0.176 e. The summed E-state index contributed by atoms with van der Waals surface area (Å²) in [5, 5.41) is 0.671. The Balaban J connectivity index is 1.90. The molecule has 1 aliphatic rings. The lowest BCUT2D eigenvalue weighted by molar-refractivity contribution is 0.0851. The number of nitrogens with zero attached hydrogens (tertiary/aromatic N) is 1. The average Bonchev–Trinajstić information content (AvgIpc) is 2.39. The molecule has 0 saturated heterocycles. The molecule has 0 aliphatic heterocycles. The number of Topliss-reactive ketones (excluding diaryl/α,β-unsaturated/α-hetero) is 1. The highest BCUT2D eigenvalue weighted by Gasteiger charge is 2.29. The Labute approximate surface area is 127 Å². The maximum Gasteiger partial charge on any atom is 0.176 e. The fourth-order valence-electron chi connectivity index (χ4n) is 2.91. The Kier molecular flexibility index (Phi) is 4.87. The van der Waals surface area contributed by atoms with Gasteiger partial charge in [-0.05, 0) is 62.4 Å². The molecule has 0 spiro atoms. The fourth-order valence-corrected chi connectivity index (χ4v) is 3.03. The summed E-state index contributed by atoms with van der Waals surface area (Å²) in [4.78, 5) is 14.5. The van der Waals surface area contributed by atoms with Gasteiger partial charge in [0, 0.05) is 16.6 Å². The Hall–Kier alpha value is -0.860. The lowest BCUT2D eigenvalue weighted by Gasteiger charge is -2.38. The van der Waals surface area contributed by atoms with E-state index in [9.17, 15) is 4.79 Å². The van der Waals surface area contributed by atoms with Gasteiger partial charge in [-0.15, -0.1) is 0 Å². The van der Waals surface area contributed by atoms with Crippen LogP contribution in [0.2, 0.25) is 5.02 Å². The SMILES string of the molecule is CN(CC(=O)c1ccc(Cl)cc1)C1CCC(C)(C)CC1. The first-order valence-corrected chi connectivity index (χ1v) is 7.74. The van der Waals surface area contributed by atoms with Crippen LogP contribution < -0.4 is 0 Å². The normalized spacial score (nSPS) is 19.2. The summed E-state index contributed by atoms with van der Waals surface area (Å²) in [5.41, 5.74) is 1.22. The Morgan fingerprint density at radius 2 is 1.80 bits per heavy atom. The zero-order chi connectivity index (χ0) is 14.8. The number of hydrogen-bond donors (Lipinski definition) is 0. The monoisotopic (exact) mass is 293 g/mol. The minimum atomic E-state index is 0.175. The van der Waals surface area contributed by atoms with E-state index < -0.39 is 0 Å². The van der Waals surface area contributed by atoms with E-state index in [1.165, 1.54) is 25.7 Å². The van der Waals surface area contributed by atoms with Gasteiger partial charge in [-0.2, -0.15) is 0 Å². The van der Waals surface area contributed by atoms with Crippen molar-refractivity contribution in [1.29, 1.82) is 0 Å². The van der Waals surface area contributed by atoms with Gasteiger partial charge in [0.2, 0.25) is 0 Å². The first-order chi connectivity index (χ1) is 9.37. The number of benzene rings is 1. The third-order valence-electron chi connectivity index (χ3n) is 4.49. The van der Waals surface area contributed by atoms with E-state index in [1.54, 1.807) is 12.1 Å². The maximum absolute atomic E-state index is 12.3. The van der Waals surface area contributed by atoms with Crippen LogP contribution in [0.3, 0.4) is 0 Å². The number of ketones is 1. The van der Waals surface area contributed by atoms with Crippen molar-refractivity contribution in [3.05, 3.63) is 34.9 Å². The van der Waals surface area contributed by atoms with Crippen molar-refractivity contribution in [2.75, 3.05) is 13.6 Å². The standard InChI is InChI=1S/C17H24ClNO/c1-17(2)10-8-15(9-11-17)19(3)12-16(20)13-4-6-14(18)7-5-13/h4-7,15H,8-12H2,1-3H3. The highest BCUT2D eigenvalue weighted by molar-refractivity contribution is 6.30. The van der Waals surface area contributed by atoms with Gasteiger partial charge in [0.15, 0.2) is 5.78 Å². The van der Waals surface area contributed by atoms with Crippen molar-refractivity contribution in [3.63, 3.8) is 0 Å². The first kappa shape index (κ1) is 15.5. The van der Waals surface area contributed by atoms with Gasteiger partial charge in [0.25, 0.3) is 0 Å². The molecule has 1 saturated carbocycles. The van der Waals surface area contributed by atoms with Gasteiger partial charge in [-0.25, -0.2) is 0 Å². The summed E-state index contributed by atoms with van der Waals surface area (Å²) >= 11 is 5.85. The largest absolute Gasteiger partial charge is 0.296 e. The van der Waals surface area contributed by atoms with E-state index in [2.05, 4.69) is 25.8 Å². The number of carbonyl (C=O) groups excluding carboxylic acids is 1. The van der Waals surface area contributed by atoms with E-state index in [0.717, 1.165) is 5.56 Å². The zero-order valence-electron chi connectivity index (χ0n) is 12.7. The molecule has 0 atom stereocenters. The van der Waals surface area contributed by atoms with Crippen molar-refractivity contribution in [3.8, 4) is 0 Å². The molecule has 1 aromatic carbocycles. The molecule has 0 heterocycles. The van der Waals surface area contributed by atoms with Crippen molar-refractivity contribution in [2.24, 2.45) is 5.41 Å². The van der Waals surface area contributed by atoms with Crippen molar-refractivity contribution in [1.82, 2.24) is 4.90 Å². The van der Waals surface area contributed by atoms with Crippen LogP contribution in [-0.4, -0.2) is 30.3 Å². The minimum absolute atomic E-state index is 0.175. The first-order valence-electron chi connectivity index (χ1n) is 7.36. The summed E-state index contributed by atoms with van der Waals surface area (Å²) in [7, 11) is 2.07. The molecule has 110 valence electrons. The van der Waals surface area contributed by atoms with E-state index in [4.69, 9.17) is 11.6 Å². The molecule has 20 heavy (non-hydrogen) atoms. The van der Waals surface area contributed by atoms with Gasteiger partial charge in [0.05, 0.1) is 6.54 Å². The van der Waals surface area contributed by atoms with Gasteiger partial charge in [-0.3, -0.25) is 9.69 Å². The molecule has 0 radical (unpaired) electrons. The Morgan fingerprint density at radius 1 is 1.25 bits per heavy atom. The maximum atomic E-state index is 12.3. The second-order valence-corrected chi connectivity index (χ2v) is 7.18. The van der Waals surface area contributed by atoms with E-state index in [-0.39, 0.29) is 5.78 Å². The van der Waals surface area contributed by atoms with Crippen LogP contribution in [-0.2, 0) is 0 Å².